The molecule has 1 aromatic heterocycles. The van der Waals surface area contributed by atoms with Crippen molar-refractivity contribution in [3.63, 3.8) is 0 Å². The molecule has 1 aromatic carbocycles. The number of nitrogens with zero attached hydrogens (tertiary/aromatic N) is 2. The number of imidazole rings is 1. The summed E-state index contributed by atoms with van der Waals surface area (Å²) in [5.74, 6) is 0.375. The predicted molar refractivity (Wildman–Crippen MR) is 77.7 cm³/mol. The maximum absolute atomic E-state index is 13.1. The van der Waals surface area contributed by atoms with Crippen molar-refractivity contribution in [3.05, 3.63) is 47.0 Å². The van der Waals surface area contributed by atoms with E-state index in [0.29, 0.717) is 13.2 Å². The van der Waals surface area contributed by atoms with E-state index in [-0.39, 0.29) is 5.02 Å². The largest absolute Gasteiger partial charge is 0.385 e. The fourth-order valence-corrected chi connectivity index (χ4v) is 2.06. The molecule has 20 heavy (non-hydrogen) atoms. The number of hydrogen-bond donors (Lipinski definition) is 1. The van der Waals surface area contributed by atoms with Crippen LogP contribution in [0.4, 0.5) is 10.3 Å². The lowest BCUT2D eigenvalue weighted by molar-refractivity contribution is 0.197. The zero-order valence-electron chi connectivity index (χ0n) is 11.3. The average Bonchev–Trinajstić information content (AvgIpc) is 2.86. The molecule has 0 saturated carbocycles. The first-order chi connectivity index (χ1) is 9.70. The van der Waals surface area contributed by atoms with Gasteiger partial charge in [-0.1, -0.05) is 17.7 Å². The van der Waals surface area contributed by atoms with Crippen molar-refractivity contribution in [1.29, 1.82) is 0 Å². The van der Waals surface area contributed by atoms with Gasteiger partial charge in [-0.05, 0) is 24.1 Å². The number of methoxy groups -OCH3 is 1. The summed E-state index contributed by atoms with van der Waals surface area (Å²) in [5, 5.41) is 3.38. The van der Waals surface area contributed by atoms with E-state index in [1.807, 2.05) is 10.8 Å². The van der Waals surface area contributed by atoms with E-state index in [0.717, 1.165) is 24.5 Å². The third-order valence-electron chi connectivity index (χ3n) is 2.86. The number of benzene rings is 1. The molecule has 0 spiro atoms. The molecule has 108 valence electrons. The Bertz CT molecular complexity index is 559. The number of aromatic nitrogens is 2. The summed E-state index contributed by atoms with van der Waals surface area (Å²) in [4.78, 5) is 4.25. The summed E-state index contributed by atoms with van der Waals surface area (Å²) in [6, 6.07) is 4.72. The van der Waals surface area contributed by atoms with Crippen LogP contribution in [0.1, 0.15) is 12.0 Å². The van der Waals surface area contributed by atoms with Gasteiger partial charge in [0.05, 0.1) is 11.6 Å². The molecular weight excluding hydrogens is 281 g/mol. The summed E-state index contributed by atoms with van der Waals surface area (Å²) < 4.78 is 20.1. The third-order valence-corrected chi connectivity index (χ3v) is 3.15. The van der Waals surface area contributed by atoms with E-state index in [1.165, 1.54) is 6.07 Å². The van der Waals surface area contributed by atoms with Crippen molar-refractivity contribution >= 4 is 17.5 Å². The Morgan fingerprint density at radius 2 is 2.30 bits per heavy atom. The van der Waals surface area contributed by atoms with Crippen molar-refractivity contribution in [2.75, 3.05) is 25.6 Å². The van der Waals surface area contributed by atoms with Crippen LogP contribution in [-0.2, 0) is 11.3 Å². The Morgan fingerprint density at radius 3 is 3.05 bits per heavy atom. The van der Waals surface area contributed by atoms with Crippen LogP contribution in [0.3, 0.4) is 0 Å². The van der Waals surface area contributed by atoms with Crippen LogP contribution in [0.2, 0.25) is 5.02 Å². The molecule has 2 aromatic rings. The zero-order chi connectivity index (χ0) is 14.4. The van der Waals surface area contributed by atoms with E-state index >= 15 is 0 Å². The molecular formula is C14H17ClFN3O. The van der Waals surface area contributed by atoms with Gasteiger partial charge >= 0.3 is 0 Å². The van der Waals surface area contributed by atoms with E-state index in [2.05, 4.69) is 10.3 Å². The topological polar surface area (TPSA) is 39.1 Å². The number of rotatable bonds is 7. The molecule has 1 heterocycles. The lowest BCUT2D eigenvalue weighted by Crippen LogP contribution is -2.10. The lowest BCUT2D eigenvalue weighted by Gasteiger charge is -2.10. The van der Waals surface area contributed by atoms with Crippen LogP contribution in [0.25, 0.3) is 0 Å². The predicted octanol–water partition coefficient (Wildman–Crippen LogP) is 3.17. The summed E-state index contributed by atoms with van der Waals surface area (Å²) in [6.45, 7) is 2.09. The maximum atomic E-state index is 13.1. The smallest absolute Gasteiger partial charge is 0.203 e. The Labute approximate surface area is 122 Å². The monoisotopic (exact) mass is 297 g/mol. The molecule has 2 rings (SSSR count). The Morgan fingerprint density at radius 1 is 1.45 bits per heavy atom. The van der Waals surface area contributed by atoms with E-state index < -0.39 is 5.82 Å². The molecule has 0 fully saturated rings. The molecule has 0 unspecified atom stereocenters. The Balaban J connectivity index is 1.99. The molecule has 0 aliphatic heterocycles. The van der Waals surface area contributed by atoms with Crippen LogP contribution >= 0.6 is 11.6 Å². The summed E-state index contributed by atoms with van der Waals surface area (Å²) in [5.41, 5.74) is 0.925. The molecule has 0 radical (unpaired) electrons. The van der Waals surface area contributed by atoms with Crippen LogP contribution in [0.15, 0.2) is 30.6 Å². The van der Waals surface area contributed by atoms with Gasteiger partial charge in [-0.25, -0.2) is 9.37 Å². The van der Waals surface area contributed by atoms with E-state index in [9.17, 15) is 4.39 Å². The minimum atomic E-state index is -0.404. The normalized spacial score (nSPS) is 10.8. The highest BCUT2D eigenvalue weighted by Gasteiger charge is 2.05. The second-order valence-corrected chi connectivity index (χ2v) is 4.81. The number of anilines is 1. The van der Waals surface area contributed by atoms with Gasteiger partial charge in [0.1, 0.15) is 5.82 Å². The number of nitrogens with one attached hydrogen (secondary N) is 1. The summed E-state index contributed by atoms with van der Waals surface area (Å²) in [6.07, 6.45) is 4.51. The minimum Gasteiger partial charge on any atom is -0.385 e. The molecule has 0 saturated heterocycles. The van der Waals surface area contributed by atoms with Crippen molar-refractivity contribution < 1.29 is 9.13 Å². The fraction of sp³-hybridized carbons (Fsp3) is 0.357. The second kappa shape index (κ2) is 7.26. The first-order valence-electron chi connectivity index (χ1n) is 6.38. The van der Waals surface area contributed by atoms with Gasteiger partial charge in [0.15, 0.2) is 0 Å². The number of halogens is 2. The third kappa shape index (κ3) is 3.95. The molecule has 0 aliphatic rings. The molecule has 4 nitrogen and oxygen atoms in total. The van der Waals surface area contributed by atoms with Crippen molar-refractivity contribution in [1.82, 2.24) is 9.55 Å². The SMILES string of the molecule is COCCCNc1nccn1Cc1ccc(F)c(Cl)c1. The molecule has 0 aliphatic carbocycles. The minimum absolute atomic E-state index is 0.136. The van der Waals surface area contributed by atoms with Gasteiger partial charge in [-0.15, -0.1) is 0 Å². The molecule has 6 heteroatoms. The van der Waals surface area contributed by atoms with E-state index in [1.54, 1.807) is 25.4 Å². The fourth-order valence-electron chi connectivity index (χ4n) is 1.86. The lowest BCUT2D eigenvalue weighted by atomic mass is 10.2. The van der Waals surface area contributed by atoms with E-state index in [4.69, 9.17) is 16.3 Å². The Kier molecular flexibility index (Phi) is 5.38. The van der Waals surface area contributed by atoms with Crippen LogP contribution in [0.5, 0.6) is 0 Å². The van der Waals surface area contributed by atoms with Crippen LogP contribution in [0, 0.1) is 5.82 Å². The standard InChI is InChI=1S/C14H17ClFN3O/c1-20-8-2-5-17-14-18-6-7-19(14)10-11-3-4-13(16)12(15)9-11/h3-4,6-7,9H,2,5,8,10H2,1H3,(H,17,18). The van der Waals surface area contributed by atoms with Gasteiger partial charge in [0.25, 0.3) is 0 Å². The maximum Gasteiger partial charge on any atom is 0.203 e. The average molecular weight is 298 g/mol. The van der Waals surface area contributed by atoms with Gasteiger partial charge in [-0.2, -0.15) is 0 Å². The van der Waals surface area contributed by atoms with Crippen molar-refractivity contribution in [2.45, 2.75) is 13.0 Å². The highest BCUT2D eigenvalue weighted by molar-refractivity contribution is 6.30. The van der Waals surface area contributed by atoms with Crippen LogP contribution < -0.4 is 5.32 Å². The number of ether oxygens (including phenoxy) is 1. The Hall–Kier alpha value is -1.59. The first-order valence-corrected chi connectivity index (χ1v) is 6.76. The second-order valence-electron chi connectivity index (χ2n) is 4.40. The van der Waals surface area contributed by atoms with Gasteiger partial charge < -0.3 is 14.6 Å². The van der Waals surface area contributed by atoms with Crippen molar-refractivity contribution in [3.8, 4) is 0 Å². The molecule has 1 N–H and O–H groups in total. The summed E-state index contributed by atoms with van der Waals surface area (Å²) in [7, 11) is 1.68. The molecule has 0 bridgehead atoms. The van der Waals surface area contributed by atoms with Crippen molar-refractivity contribution in [2.24, 2.45) is 0 Å². The van der Waals surface area contributed by atoms with Gasteiger partial charge in [0.2, 0.25) is 5.95 Å². The number of hydrogen-bond acceptors (Lipinski definition) is 3. The quantitative estimate of drug-likeness (QED) is 0.798. The highest BCUT2D eigenvalue weighted by Crippen LogP contribution is 2.17. The zero-order valence-corrected chi connectivity index (χ0v) is 12.0. The molecule has 0 atom stereocenters. The first kappa shape index (κ1) is 14.8. The highest BCUT2D eigenvalue weighted by atomic mass is 35.5. The van der Waals surface area contributed by atoms with Gasteiger partial charge in [0, 0.05) is 32.7 Å². The molecule has 0 amide bonds. The van der Waals surface area contributed by atoms with Crippen LogP contribution in [-0.4, -0.2) is 29.8 Å². The summed E-state index contributed by atoms with van der Waals surface area (Å²) >= 11 is 5.78. The van der Waals surface area contributed by atoms with Gasteiger partial charge in [-0.3, -0.25) is 0 Å².